The van der Waals surface area contributed by atoms with E-state index in [2.05, 4.69) is 10.6 Å². The Bertz CT molecular complexity index is 448. The van der Waals surface area contributed by atoms with Gasteiger partial charge < -0.3 is 15.7 Å². The van der Waals surface area contributed by atoms with Gasteiger partial charge in [-0.3, -0.25) is 0 Å². The molecule has 2 amide bonds. The summed E-state index contributed by atoms with van der Waals surface area (Å²) in [4.78, 5) is 12.0. The van der Waals surface area contributed by atoms with Gasteiger partial charge in [-0.2, -0.15) is 0 Å². The number of nitrogens with zero attached hydrogens (tertiary/aromatic N) is 1. The highest BCUT2D eigenvalue weighted by atomic mass is 32.2. The van der Waals surface area contributed by atoms with Gasteiger partial charge >= 0.3 is 6.03 Å². The summed E-state index contributed by atoms with van der Waals surface area (Å²) in [6.45, 7) is 0.546. The number of carbonyl (C=O) groups excluding carboxylic acids is 1. The average Bonchev–Trinajstić information content (AvgIpc) is 2.74. The largest absolute Gasteiger partial charge is 0.396 e. The molecule has 7 nitrogen and oxygen atoms in total. The number of urea groups is 1. The minimum Gasteiger partial charge on any atom is -0.396 e. The van der Waals surface area contributed by atoms with E-state index in [0.717, 1.165) is 19.1 Å². The lowest BCUT2D eigenvalue weighted by atomic mass is 9.90. The SMILES string of the molecule is CN(CCNC(=O)NC(CCO)C1CCCCCC1)S(C)(=O)=O. The maximum Gasteiger partial charge on any atom is 0.315 e. The molecule has 0 aromatic carbocycles. The molecule has 3 N–H and O–H groups in total. The van der Waals surface area contributed by atoms with Crippen molar-refractivity contribution in [2.24, 2.45) is 5.92 Å². The molecule has 1 fully saturated rings. The van der Waals surface area contributed by atoms with E-state index in [-0.39, 0.29) is 31.8 Å². The van der Waals surface area contributed by atoms with Crippen LogP contribution in [0.15, 0.2) is 0 Å². The van der Waals surface area contributed by atoms with Crippen molar-refractivity contribution in [3.63, 3.8) is 0 Å². The standard InChI is InChI=1S/C15H31N3O4S/c1-18(23(2,21)22)11-10-16-15(20)17-14(9-12-19)13-7-5-3-4-6-8-13/h13-14,19H,3-12H2,1-2H3,(H2,16,17,20). The number of carbonyl (C=O) groups is 1. The second-order valence-corrected chi connectivity index (χ2v) is 8.44. The number of sulfonamides is 1. The molecule has 0 aromatic rings. The quantitative estimate of drug-likeness (QED) is 0.567. The maximum atomic E-state index is 12.0. The van der Waals surface area contributed by atoms with Gasteiger partial charge in [0.15, 0.2) is 0 Å². The van der Waals surface area contributed by atoms with Gasteiger partial charge in [-0.15, -0.1) is 0 Å². The summed E-state index contributed by atoms with van der Waals surface area (Å²) in [6, 6.07) is -0.319. The first-order chi connectivity index (χ1) is 10.8. The van der Waals surface area contributed by atoms with Crippen LogP contribution in [-0.4, -0.2) is 62.9 Å². The van der Waals surface area contributed by atoms with Crippen LogP contribution < -0.4 is 10.6 Å². The van der Waals surface area contributed by atoms with Gasteiger partial charge in [0.2, 0.25) is 10.0 Å². The van der Waals surface area contributed by atoms with E-state index in [1.54, 1.807) is 0 Å². The Morgan fingerprint density at radius 2 is 1.87 bits per heavy atom. The number of aliphatic hydroxyl groups is 1. The highest BCUT2D eigenvalue weighted by Gasteiger charge is 2.23. The molecule has 0 spiro atoms. The zero-order valence-electron chi connectivity index (χ0n) is 14.3. The van der Waals surface area contributed by atoms with Gasteiger partial charge in [0, 0.05) is 32.8 Å². The van der Waals surface area contributed by atoms with Crippen LogP contribution in [0, 0.1) is 5.92 Å². The van der Waals surface area contributed by atoms with Gasteiger partial charge in [-0.25, -0.2) is 17.5 Å². The molecule has 8 heteroatoms. The lowest BCUT2D eigenvalue weighted by molar-refractivity contribution is 0.207. The number of likely N-dealkylation sites (N-methyl/N-ethyl adjacent to an activating group) is 1. The molecule has 0 bridgehead atoms. The minimum absolute atomic E-state index is 0.0225. The predicted octanol–water partition coefficient (Wildman–Crippen LogP) is 0.898. The lowest BCUT2D eigenvalue weighted by Crippen LogP contribution is -2.47. The Hall–Kier alpha value is -0.860. The number of amides is 2. The van der Waals surface area contributed by atoms with E-state index >= 15 is 0 Å². The van der Waals surface area contributed by atoms with Crippen LogP contribution in [0.5, 0.6) is 0 Å². The molecule has 0 radical (unpaired) electrons. The van der Waals surface area contributed by atoms with Crippen molar-refractivity contribution >= 4 is 16.1 Å². The summed E-state index contributed by atoms with van der Waals surface area (Å²) in [5.74, 6) is 0.411. The molecule has 1 saturated carbocycles. The second-order valence-electron chi connectivity index (χ2n) is 6.36. The fraction of sp³-hybridized carbons (Fsp3) is 0.933. The molecule has 0 aromatic heterocycles. The number of aliphatic hydroxyl groups excluding tert-OH is 1. The van der Waals surface area contributed by atoms with Crippen molar-refractivity contribution in [2.45, 2.75) is 51.0 Å². The molecule has 1 aliphatic carbocycles. The summed E-state index contributed by atoms with van der Waals surface area (Å²) >= 11 is 0. The van der Waals surface area contributed by atoms with Crippen LogP contribution in [0.2, 0.25) is 0 Å². The first kappa shape index (κ1) is 20.2. The van der Waals surface area contributed by atoms with Crippen molar-refractivity contribution in [1.82, 2.24) is 14.9 Å². The number of rotatable bonds is 8. The molecule has 23 heavy (non-hydrogen) atoms. The van der Waals surface area contributed by atoms with Crippen LogP contribution in [-0.2, 0) is 10.0 Å². The van der Waals surface area contributed by atoms with E-state index in [9.17, 15) is 18.3 Å². The highest BCUT2D eigenvalue weighted by molar-refractivity contribution is 7.88. The van der Waals surface area contributed by atoms with Crippen molar-refractivity contribution in [3.05, 3.63) is 0 Å². The van der Waals surface area contributed by atoms with E-state index in [4.69, 9.17) is 0 Å². The van der Waals surface area contributed by atoms with Crippen LogP contribution in [0.3, 0.4) is 0 Å². The van der Waals surface area contributed by atoms with Crippen molar-refractivity contribution in [3.8, 4) is 0 Å². The fourth-order valence-corrected chi connectivity index (χ4v) is 3.41. The molecule has 1 rings (SSSR count). The predicted molar refractivity (Wildman–Crippen MR) is 90.7 cm³/mol. The Balaban J connectivity index is 2.41. The van der Waals surface area contributed by atoms with Crippen molar-refractivity contribution in [2.75, 3.05) is 33.0 Å². The Morgan fingerprint density at radius 1 is 1.26 bits per heavy atom. The Morgan fingerprint density at radius 3 is 2.39 bits per heavy atom. The monoisotopic (exact) mass is 349 g/mol. The minimum atomic E-state index is -3.23. The third kappa shape index (κ3) is 7.99. The first-order valence-corrected chi connectivity index (χ1v) is 10.3. The second kappa shape index (κ2) is 10.1. The fourth-order valence-electron chi connectivity index (χ4n) is 2.99. The normalized spacial score (nSPS) is 18.4. The van der Waals surface area contributed by atoms with Gasteiger partial charge in [0.1, 0.15) is 0 Å². The van der Waals surface area contributed by atoms with E-state index in [1.165, 1.54) is 37.0 Å². The smallest absolute Gasteiger partial charge is 0.315 e. The highest BCUT2D eigenvalue weighted by Crippen LogP contribution is 2.26. The lowest BCUT2D eigenvalue weighted by Gasteiger charge is -2.27. The zero-order chi connectivity index (χ0) is 17.3. The molecule has 1 unspecified atom stereocenters. The molecule has 0 aliphatic heterocycles. The zero-order valence-corrected chi connectivity index (χ0v) is 15.1. The van der Waals surface area contributed by atoms with Crippen LogP contribution >= 0.6 is 0 Å². The summed E-state index contributed by atoms with van der Waals surface area (Å²) < 4.78 is 23.8. The van der Waals surface area contributed by atoms with E-state index < -0.39 is 10.0 Å². The Labute approximate surface area is 139 Å². The summed E-state index contributed by atoms with van der Waals surface area (Å²) in [5, 5.41) is 14.9. The van der Waals surface area contributed by atoms with Crippen molar-refractivity contribution in [1.29, 1.82) is 0 Å². The molecule has 136 valence electrons. The number of hydrogen-bond donors (Lipinski definition) is 3. The third-order valence-electron chi connectivity index (χ3n) is 4.50. The molecule has 1 atom stereocenters. The van der Waals surface area contributed by atoms with Gasteiger partial charge in [-0.05, 0) is 25.2 Å². The number of nitrogens with one attached hydrogen (secondary N) is 2. The maximum absolute atomic E-state index is 12.0. The van der Waals surface area contributed by atoms with Crippen LogP contribution in [0.1, 0.15) is 44.9 Å². The summed E-state index contributed by atoms with van der Waals surface area (Å²) in [6.07, 6.45) is 8.70. The van der Waals surface area contributed by atoms with Gasteiger partial charge in [0.25, 0.3) is 0 Å². The van der Waals surface area contributed by atoms with E-state index in [1.807, 2.05) is 0 Å². The van der Waals surface area contributed by atoms with Gasteiger partial charge in [-0.1, -0.05) is 25.7 Å². The first-order valence-electron chi connectivity index (χ1n) is 8.41. The summed E-state index contributed by atoms with van der Waals surface area (Å²) in [5.41, 5.74) is 0. The number of hydrogen-bond acceptors (Lipinski definition) is 4. The summed E-state index contributed by atoms with van der Waals surface area (Å²) in [7, 11) is -1.74. The van der Waals surface area contributed by atoms with Crippen molar-refractivity contribution < 1.29 is 18.3 Å². The molecular formula is C15H31N3O4S. The molecular weight excluding hydrogens is 318 g/mol. The Kier molecular flexibility index (Phi) is 8.86. The van der Waals surface area contributed by atoms with E-state index in [0.29, 0.717) is 12.3 Å². The van der Waals surface area contributed by atoms with Gasteiger partial charge in [0.05, 0.1) is 6.26 Å². The average molecular weight is 349 g/mol. The third-order valence-corrected chi connectivity index (χ3v) is 5.82. The molecule has 0 saturated heterocycles. The van der Waals surface area contributed by atoms with Crippen LogP contribution in [0.4, 0.5) is 4.79 Å². The topological polar surface area (TPSA) is 98.7 Å². The molecule has 0 heterocycles. The van der Waals surface area contributed by atoms with Crippen LogP contribution in [0.25, 0.3) is 0 Å². The molecule has 1 aliphatic rings.